The number of rotatable bonds is 2. The number of esters is 2. The monoisotopic (exact) mass is 370 g/mol. The minimum Gasteiger partial charge on any atom is -0.455 e. The first-order chi connectivity index (χ1) is 12.8. The Hall–Kier alpha value is -2.17. The lowest BCUT2D eigenvalue weighted by Crippen LogP contribution is -2.43. The summed E-state index contributed by atoms with van der Waals surface area (Å²) in [5, 5.41) is 0. The van der Waals surface area contributed by atoms with Crippen molar-refractivity contribution in [1.82, 2.24) is 0 Å². The summed E-state index contributed by atoms with van der Waals surface area (Å²) >= 11 is 0. The molecule has 0 aliphatic heterocycles. The van der Waals surface area contributed by atoms with Crippen LogP contribution in [0.1, 0.15) is 63.5 Å². The number of carbonyl (C=O) groups excluding carboxylic acids is 3. The summed E-state index contributed by atoms with van der Waals surface area (Å²) < 4.78 is 10.6. The smallest absolute Gasteiger partial charge is 0.308 e. The first-order valence-corrected chi connectivity index (χ1v) is 9.82. The molecule has 144 valence electrons. The van der Waals surface area contributed by atoms with Crippen LogP contribution in [0.2, 0.25) is 0 Å². The second-order valence-corrected chi connectivity index (χ2v) is 8.52. The minimum atomic E-state index is -0.580. The highest BCUT2D eigenvalue weighted by Crippen LogP contribution is 2.60. The molecule has 0 bridgehead atoms. The van der Waals surface area contributed by atoms with Crippen LogP contribution in [0.25, 0.3) is 0 Å². The summed E-state index contributed by atoms with van der Waals surface area (Å²) in [6.45, 7) is 4.85. The third kappa shape index (κ3) is 2.97. The molecule has 3 aliphatic rings. The predicted molar refractivity (Wildman–Crippen MR) is 98.3 cm³/mol. The van der Waals surface area contributed by atoms with E-state index in [1.807, 2.05) is 12.1 Å². The third-order valence-electron chi connectivity index (χ3n) is 6.98. The maximum absolute atomic E-state index is 12.9. The lowest BCUT2D eigenvalue weighted by molar-refractivity contribution is -0.153. The Morgan fingerprint density at radius 3 is 2.63 bits per heavy atom. The van der Waals surface area contributed by atoms with Gasteiger partial charge in [0.05, 0.1) is 0 Å². The SMILES string of the molecule is CC(=O)Oc1ccc2c(c1)CC[C@H]1[C@H]3C[C@@H](OC(C)=O)C(=O)[C@]3(C)CC[C@@H]21. The van der Waals surface area contributed by atoms with E-state index in [-0.39, 0.29) is 29.1 Å². The summed E-state index contributed by atoms with van der Waals surface area (Å²) in [7, 11) is 0. The molecule has 0 radical (unpaired) electrons. The van der Waals surface area contributed by atoms with Crippen molar-refractivity contribution >= 4 is 17.7 Å². The number of fused-ring (bicyclic) bond motifs is 5. The number of ketones is 1. The van der Waals surface area contributed by atoms with Gasteiger partial charge in [0.1, 0.15) is 5.75 Å². The molecule has 4 rings (SSSR count). The van der Waals surface area contributed by atoms with E-state index < -0.39 is 6.10 Å². The van der Waals surface area contributed by atoms with Crippen molar-refractivity contribution in [3.63, 3.8) is 0 Å². The van der Waals surface area contributed by atoms with Crippen LogP contribution in [-0.2, 0) is 25.5 Å². The summed E-state index contributed by atoms with van der Waals surface area (Å²) in [5.41, 5.74) is 2.20. The molecule has 3 aliphatic carbocycles. The summed E-state index contributed by atoms with van der Waals surface area (Å²) in [6, 6.07) is 5.95. The zero-order valence-electron chi connectivity index (χ0n) is 16.1. The van der Waals surface area contributed by atoms with E-state index in [0.29, 0.717) is 24.0 Å². The maximum atomic E-state index is 12.9. The quantitative estimate of drug-likeness (QED) is 0.588. The molecule has 0 heterocycles. The van der Waals surface area contributed by atoms with E-state index in [4.69, 9.17) is 9.47 Å². The van der Waals surface area contributed by atoms with Gasteiger partial charge in [0.2, 0.25) is 0 Å². The van der Waals surface area contributed by atoms with Gasteiger partial charge in [-0.1, -0.05) is 13.0 Å². The highest BCUT2D eigenvalue weighted by atomic mass is 16.5. The number of Topliss-reactive ketones (excluding diaryl/α,β-unsaturated/α-hetero) is 1. The van der Waals surface area contributed by atoms with Crippen LogP contribution in [0.4, 0.5) is 0 Å². The fourth-order valence-corrected chi connectivity index (χ4v) is 5.86. The molecule has 2 fully saturated rings. The summed E-state index contributed by atoms with van der Waals surface area (Å²) in [6.07, 6.45) is 3.81. The zero-order valence-corrected chi connectivity index (χ0v) is 16.1. The van der Waals surface area contributed by atoms with Crippen molar-refractivity contribution < 1.29 is 23.9 Å². The molecular weight excluding hydrogens is 344 g/mol. The summed E-state index contributed by atoms with van der Waals surface area (Å²) in [4.78, 5) is 35.6. The van der Waals surface area contributed by atoms with Crippen LogP contribution < -0.4 is 4.74 Å². The second-order valence-electron chi connectivity index (χ2n) is 8.52. The molecule has 27 heavy (non-hydrogen) atoms. The van der Waals surface area contributed by atoms with E-state index in [0.717, 1.165) is 25.7 Å². The Labute approximate surface area is 159 Å². The van der Waals surface area contributed by atoms with Crippen molar-refractivity contribution in [2.75, 3.05) is 0 Å². The zero-order chi connectivity index (χ0) is 19.3. The number of benzene rings is 1. The highest BCUT2D eigenvalue weighted by Gasteiger charge is 2.59. The third-order valence-corrected chi connectivity index (χ3v) is 6.98. The number of hydrogen-bond donors (Lipinski definition) is 0. The molecule has 1 aromatic carbocycles. The van der Waals surface area contributed by atoms with Crippen LogP contribution in [-0.4, -0.2) is 23.8 Å². The van der Waals surface area contributed by atoms with Crippen molar-refractivity contribution in [1.29, 1.82) is 0 Å². The molecule has 0 amide bonds. The Bertz CT molecular complexity index is 813. The molecular formula is C22H26O5. The van der Waals surface area contributed by atoms with Gasteiger partial charge in [0.15, 0.2) is 11.9 Å². The molecule has 0 N–H and O–H groups in total. The minimum absolute atomic E-state index is 0.108. The van der Waals surface area contributed by atoms with E-state index in [1.54, 1.807) is 0 Å². The second kappa shape index (κ2) is 6.47. The lowest BCUT2D eigenvalue weighted by atomic mass is 9.55. The molecule has 0 aromatic heterocycles. The van der Waals surface area contributed by atoms with E-state index >= 15 is 0 Å². The van der Waals surface area contributed by atoms with Crippen LogP contribution in [0.3, 0.4) is 0 Å². The Morgan fingerprint density at radius 1 is 1.15 bits per heavy atom. The Kier molecular flexibility index (Phi) is 4.36. The fraction of sp³-hybridized carbons (Fsp3) is 0.591. The molecule has 2 saturated carbocycles. The van der Waals surface area contributed by atoms with Crippen molar-refractivity contribution in [3.05, 3.63) is 29.3 Å². The maximum Gasteiger partial charge on any atom is 0.308 e. The topological polar surface area (TPSA) is 69.7 Å². The summed E-state index contributed by atoms with van der Waals surface area (Å²) in [5.74, 6) is 1.14. The standard InChI is InChI=1S/C22H26O5/c1-12(23)26-15-5-7-16-14(10-15)4-6-18-17(16)8-9-22(3)19(18)11-20(21(22)25)27-13(2)24/h5,7,10,17-20H,4,6,8-9,11H2,1-3H3/t17-,18+,19+,20+,22+/m0/s1. The van der Waals surface area contributed by atoms with Gasteiger partial charge in [-0.15, -0.1) is 0 Å². The van der Waals surface area contributed by atoms with Crippen molar-refractivity contribution in [2.45, 2.75) is 64.9 Å². The molecule has 5 heteroatoms. The van der Waals surface area contributed by atoms with Gasteiger partial charge in [0.25, 0.3) is 0 Å². The normalized spacial score (nSPS) is 34.3. The van der Waals surface area contributed by atoms with Gasteiger partial charge < -0.3 is 9.47 Å². The molecule has 5 nitrogen and oxygen atoms in total. The van der Waals surface area contributed by atoms with Gasteiger partial charge in [-0.2, -0.15) is 0 Å². The van der Waals surface area contributed by atoms with Gasteiger partial charge in [-0.3, -0.25) is 14.4 Å². The molecule has 5 atom stereocenters. The number of carbonyl (C=O) groups is 3. The van der Waals surface area contributed by atoms with Gasteiger partial charge in [-0.05, 0) is 73.1 Å². The number of aryl methyl sites for hydroxylation is 1. The molecule has 0 unspecified atom stereocenters. The van der Waals surface area contributed by atoms with Crippen LogP contribution in [0, 0.1) is 17.3 Å². The lowest BCUT2D eigenvalue weighted by Gasteiger charge is -2.48. The Balaban J connectivity index is 1.61. The van der Waals surface area contributed by atoms with E-state index in [1.165, 1.54) is 25.0 Å². The first kappa shape index (κ1) is 18.2. The van der Waals surface area contributed by atoms with Crippen molar-refractivity contribution in [3.8, 4) is 5.75 Å². The van der Waals surface area contributed by atoms with Crippen LogP contribution in [0.5, 0.6) is 5.75 Å². The van der Waals surface area contributed by atoms with Gasteiger partial charge in [-0.25, -0.2) is 0 Å². The van der Waals surface area contributed by atoms with Gasteiger partial charge in [0, 0.05) is 19.3 Å². The molecule has 1 aromatic rings. The highest BCUT2D eigenvalue weighted by molar-refractivity contribution is 5.93. The van der Waals surface area contributed by atoms with Crippen LogP contribution >= 0.6 is 0 Å². The largest absolute Gasteiger partial charge is 0.455 e. The number of ether oxygens (including phenoxy) is 2. The molecule has 0 saturated heterocycles. The Morgan fingerprint density at radius 2 is 1.93 bits per heavy atom. The average molecular weight is 370 g/mol. The fourth-order valence-electron chi connectivity index (χ4n) is 5.86. The predicted octanol–water partition coefficient (Wildman–Crippen LogP) is 3.58. The van der Waals surface area contributed by atoms with Gasteiger partial charge >= 0.3 is 11.9 Å². The first-order valence-electron chi connectivity index (χ1n) is 9.82. The number of hydrogen-bond acceptors (Lipinski definition) is 5. The van der Waals surface area contributed by atoms with Crippen LogP contribution in [0.15, 0.2) is 18.2 Å². The van der Waals surface area contributed by atoms with Crippen molar-refractivity contribution in [2.24, 2.45) is 17.3 Å². The molecule has 0 spiro atoms. The van der Waals surface area contributed by atoms with E-state index in [2.05, 4.69) is 13.0 Å². The van der Waals surface area contributed by atoms with E-state index in [9.17, 15) is 14.4 Å². The average Bonchev–Trinajstić information content (AvgIpc) is 2.85.